The van der Waals surface area contributed by atoms with Crippen molar-refractivity contribution in [1.82, 2.24) is 30.0 Å². The summed E-state index contributed by atoms with van der Waals surface area (Å²) in [5.74, 6) is 0.716. The third-order valence-corrected chi connectivity index (χ3v) is 24.2. The van der Waals surface area contributed by atoms with E-state index in [2.05, 4.69) is 286 Å². The molecule has 6 aromatic carbocycles. The number of aromatic nitrogens is 6. The van der Waals surface area contributed by atoms with E-state index in [4.69, 9.17) is 20.3 Å². The van der Waals surface area contributed by atoms with Gasteiger partial charge in [0.2, 0.25) is 11.4 Å². The van der Waals surface area contributed by atoms with Crippen LogP contribution >= 0.6 is 0 Å². The number of hydrogen-bond acceptors (Lipinski definition) is 8. The summed E-state index contributed by atoms with van der Waals surface area (Å²) in [6.07, 6.45) is 36.4. The van der Waals surface area contributed by atoms with Gasteiger partial charge in [0.1, 0.15) is 30.2 Å². The van der Waals surface area contributed by atoms with Gasteiger partial charge in [-0.1, -0.05) is 180 Å². The van der Waals surface area contributed by atoms with Crippen LogP contribution in [0.1, 0.15) is 182 Å². The highest BCUT2D eigenvalue weighted by Gasteiger charge is 2.47. The largest absolute Gasteiger partial charge is 0.435 e. The molecule has 0 bridgehead atoms. The van der Waals surface area contributed by atoms with Crippen molar-refractivity contribution >= 4 is 51.3 Å². The van der Waals surface area contributed by atoms with E-state index < -0.39 is 6.61 Å². The van der Waals surface area contributed by atoms with Crippen LogP contribution in [0.15, 0.2) is 240 Å². The molecular weight excluding hydrogens is 1340 g/mol. The van der Waals surface area contributed by atoms with Crippen LogP contribution in [0.25, 0.3) is 33.9 Å². The van der Waals surface area contributed by atoms with Crippen LogP contribution in [-0.4, -0.2) is 96.4 Å². The molecule has 7 aliphatic rings. The van der Waals surface area contributed by atoms with Gasteiger partial charge in [-0.25, -0.2) is 9.36 Å². The lowest BCUT2D eigenvalue weighted by molar-refractivity contribution is -0.438. The van der Waals surface area contributed by atoms with Crippen LogP contribution < -0.4 is 19.4 Å². The second kappa shape index (κ2) is 30.5. The highest BCUT2D eigenvalue weighted by Crippen LogP contribution is 2.51. The first-order valence-electron chi connectivity index (χ1n) is 39.9. The van der Waals surface area contributed by atoms with Crippen LogP contribution in [0.5, 0.6) is 5.75 Å². The minimum atomic E-state index is -2.93. The summed E-state index contributed by atoms with van der Waals surface area (Å²) in [6, 6.07) is 51.5. The van der Waals surface area contributed by atoms with E-state index in [0.29, 0.717) is 17.2 Å². The predicted octanol–water partition coefficient (Wildman–Crippen LogP) is 22.0. The first-order valence-corrected chi connectivity index (χ1v) is 39.9. The molecule has 0 amide bonds. The standard InChI is InChI=1S/C94H107F2N11O/c1-12-56-102-80-38-19-15-34-74(80)91(4,5)84(102)50-44-67-28-23-29-68(45-51-85-92(6,7)75-35-16-20-39-81(75)103(85)57-13-2)88(67)106-63-78(97-99-106)66-42-48-72(49-43-66)101-60-54-65(55-61-101)27-26-59-105-83-41-22-18-37-77(83)94(10,11)87(105)53-47-70-31-24-30-69(46-52-86-93(8,9)76-36-17-21-40-82(76)104(86)58-14-3)89(70)107-64-79(98-100-107)71-32-25-33-73(62-71)108-90(95)96/h15-22,25,32-53,62-65,90H,12-14,23-24,26-31,54-61H2,1-11H3/q+2. The van der Waals surface area contributed by atoms with Crippen LogP contribution in [0, 0.1) is 5.92 Å². The molecule has 0 radical (unpaired) electrons. The SMILES string of the molecule is CCCN1/C(=C/C=C2\CCCC(/C=C/C3=[N+](CCC)c4ccccc4C3(C)C)=C2n2cc(-c3ccc(N4CCC(CCC[N+]5=C(/C=C/C6=C(n7cc(-c8cccc(OC(F)F)c8)nn7)C(=C/C=C7/N(CCC)c8ccccc8C7(C)C)/CCC6)C(C)(C)c6ccccc65)CC4)cc3)nn2)C(C)(C)c2ccccc21. The lowest BCUT2D eigenvalue weighted by Gasteiger charge is -2.33. The number of anilines is 3. The number of nitrogens with zero attached hydrogens (tertiary/aromatic N) is 11. The molecule has 0 N–H and O–H groups in total. The molecule has 108 heavy (non-hydrogen) atoms. The first-order chi connectivity index (χ1) is 52.3. The fraction of sp³-hybridized carbons (Fsp3) is 0.383. The average molecular weight is 1440 g/mol. The number of piperidine rings is 1. The third-order valence-electron chi connectivity index (χ3n) is 24.2. The van der Waals surface area contributed by atoms with E-state index in [1.54, 1.807) is 12.1 Å². The van der Waals surface area contributed by atoms with Crippen molar-refractivity contribution < 1.29 is 22.7 Å². The van der Waals surface area contributed by atoms with Gasteiger partial charge in [-0.15, -0.1) is 10.2 Å². The maximum Gasteiger partial charge on any atom is 0.387 e. The van der Waals surface area contributed by atoms with Gasteiger partial charge in [0.25, 0.3) is 0 Å². The van der Waals surface area contributed by atoms with Gasteiger partial charge in [0.15, 0.2) is 11.4 Å². The van der Waals surface area contributed by atoms with Crippen molar-refractivity contribution in [3.8, 4) is 28.3 Å². The maximum absolute atomic E-state index is 13.4. The Bertz CT molecular complexity index is 5050. The van der Waals surface area contributed by atoms with Crippen LogP contribution in [0.4, 0.5) is 37.2 Å². The van der Waals surface area contributed by atoms with E-state index in [0.717, 1.165) is 145 Å². The number of alkyl halides is 2. The summed E-state index contributed by atoms with van der Waals surface area (Å²) in [4.78, 5) is 7.61. The monoisotopic (exact) mass is 1440 g/mol. The smallest absolute Gasteiger partial charge is 0.387 e. The number of rotatable bonds is 23. The first kappa shape index (κ1) is 73.4. The quantitative estimate of drug-likeness (QED) is 0.0586. The molecule has 8 aromatic rings. The molecule has 556 valence electrons. The Kier molecular flexibility index (Phi) is 20.8. The summed E-state index contributed by atoms with van der Waals surface area (Å²) in [6.45, 7) is 28.6. The van der Waals surface area contributed by atoms with E-state index in [1.807, 2.05) is 16.9 Å². The summed E-state index contributed by atoms with van der Waals surface area (Å²) in [5.41, 5.74) is 26.6. The minimum absolute atomic E-state index is 0.0809. The van der Waals surface area contributed by atoms with E-state index in [9.17, 15) is 8.78 Å². The zero-order valence-electron chi connectivity index (χ0n) is 65.3. The van der Waals surface area contributed by atoms with Gasteiger partial charge in [-0.3, -0.25) is 0 Å². The molecule has 12 nitrogen and oxygen atoms in total. The molecular formula is C94H107F2N11O+2. The lowest BCUT2D eigenvalue weighted by Crippen LogP contribution is -2.33. The Morgan fingerprint density at radius 2 is 0.981 bits per heavy atom. The van der Waals surface area contributed by atoms with Gasteiger partial charge in [-0.2, -0.15) is 17.9 Å². The summed E-state index contributed by atoms with van der Waals surface area (Å²) >= 11 is 0. The highest BCUT2D eigenvalue weighted by atomic mass is 19.3. The van der Waals surface area contributed by atoms with Crippen molar-refractivity contribution in [2.45, 2.75) is 188 Å². The van der Waals surface area contributed by atoms with Crippen molar-refractivity contribution in [3.05, 3.63) is 263 Å². The van der Waals surface area contributed by atoms with Crippen LogP contribution in [-0.2, 0) is 21.7 Å². The number of halogens is 2. The molecule has 1 fully saturated rings. The zero-order valence-corrected chi connectivity index (χ0v) is 65.3. The lowest BCUT2D eigenvalue weighted by atomic mass is 9.81. The van der Waals surface area contributed by atoms with Gasteiger partial charge in [0, 0.05) is 125 Å². The van der Waals surface area contributed by atoms with Gasteiger partial charge < -0.3 is 19.4 Å². The second-order valence-electron chi connectivity index (χ2n) is 32.7. The van der Waals surface area contributed by atoms with Crippen LogP contribution in [0.2, 0.25) is 0 Å². The molecule has 0 atom stereocenters. The Morgan fingerprint density at radius 3 is 1.48 bits per heavy atom. The topological polar surface area (TPSA) is 86.4 Å². The molecule has 14 heteroatoms. The maximum atomic E-state index is 13.4. The summed E-state index contributed by atoms with van der Waals surface area (Å²) in [7, 11) is 0. The third kappa shape index (κ3) is 13.9. The molecule has 2 aromatic heterocycles. The number of fused-ring (bicyclic) bond motifs is 4. The molecule has 0 unspecified atom stereocenters. The van der Waals surface area contributed by atoms with Crippen molar-refractivity contribution in [1.29, 1.82) is 0 Å². The fourth-order valence-electron chi connectivity index (χ4n) is 18.7. The number of para-hydroxylation sites is 4. The Balaban J connectivity index is 0.668. The van der Waals surface area contributed by atoms with Crippen molar-refractivity contribution in [3.63, 3.8) is 0 Å². The highest BCUT2D eigenvalue weighted by molar-refractivity contribution is 6.04. The molecule has 0 spiro atoms. The molecule has 0 saturated carbocycles. The fourth-order valence-corrected chi connectivity index (χ4v) is 18.7. The minimum Gasteiger partial charge on any atom is -0.435 e. The number of ether oxygens (including phenoxy) is 1. The van der Waals surface area contributed by atoms with Gasteiger partial charge in [-0.05, 0) is 186 Å². The number of benzene rings is 6. The van der Waals surface area contributed by atoms with Crippen molar-refractivity contribution in [2.75, 3.05) is 54.0 Å². The Labute approximate surface area is 639 Å². The summed E-state index contributed by atoms with van der Waals surface area (Å²) in [5, 5.41) is 19.4. The summed E-state index contributed by atoms with van der Waals surface area (Å²) < 4.78 is 40.8. The Hall–Kier alpha value is -10.1. The molecule has 1 saturated heterocycles. The van der Waals surface area contributed by atoms with Crippen molar-refractivity contribution in [2.24, 2.45) is 5.92 Å². The molecule has 7 heterocycles. The normalized spacial score (nSPS) is 20.4. The zero-order chi connectivity index (χ0) is 75.1. The number of allylic oxidation sites excluding steroid dienone is 16. The Morgan fingerprint density at radius 1 is 0.500 bits per heavy atom. The molecule has 2 aliphatic carbocycles. The van der Waals surface area contributed by atoms with Gasteiger partial charge in [0.05, 0.1) is 34.6 Å². The van der Waals surface area contributed by atoms with E-state index in [1.165, 1.54) is 102 Å². The molecule has 15 rings (SSSR count). The van der Waals surface area contributed by atoms with E-state index >= 15 is 0 Å². The predicted molar refractivity (Wildman–Crippen MR) is 439 cm³/mol. The van der Waals surface area contributed by atoms with E-state index in [-0.39, 0.29) is 27.4 Å². The second-order valence-corrected chi connectivity index (χ2v) is 32.7. The number of hydrogen-bond donors (Lipinski definition) is 0. The van der Waals surface area contributed by atoms with Gasteiger partial charge >= 0.3 is 6.61 Å². The average Bonchev–Trinajstić information content (AvgIpc) is 1.61. The van der Waals surface area contributed by atoms with Crippen LogP contribution in [0.3, 0.4) is 0 Å². The molecule has 5 aliphatic heterocycles.